The lowest BCUT2D eigenvalue weighted by atomic mass is 10.2. The van der Waals surface area contributed by atoms with Crippen molar-refractivity contribution in [3.8, 4) is 0 Å². The second-order valence-electron chi connectivity index (χ2n) is 5.12. The summed E-state index contributed by atoms with van der Waals surface area (Å²) in [5.41, 5.74) is 0. The van der Waals surface area contributed by atoms with Crippen LogP contribution in [-0.4, -0.2) is 62.9 Å². The van der Waals surface area contributed by atoms with E-state index in [9.17, 15) is 4.79 Å². The summed E-state index contributed by atoms with van der Waals surface area (Å²) in [7, 11) is 3.14. The molecule has 1 aliphatic rings. The number of rotatable bonds is 9. The lowest BCUT2D eigenvalue weighted by molar-refractivity contribution is -0.144. The lowest BCUT2D eigenvalue weighted by Gasteiger charge is -2.27. The summed E-state index contributed by atoms with van der Waals surface area (Å²) in [4.78, 5) is 14.1. The second kappa shape index (κ2) is 7.71. The SMILES string of the molecule is COCCN(CC(NC(C)C)C(=O)OC)C1CC1. The van der Waals surface area contributed by atoms with E-state index < -0.39 is 0 Å². The first-order chi connectivity index (χ1) is 8.58. The van der Waals surface area contributed by atoms with Gasteiger partial charge in [-0.25, -0.2) is 0 Å². The van der Waals surface area contributed by atoms with Gasteiger partial charge < -0.3 is 14.8 Å². The third-order valence-electron chi connectivity index (χ3n) is 3.08. The van der Waals surface area contributed by atoms with E-state index in [1.165, 1.54) is 20.0 Å². The van der Waals surface area contributed by atoms with Gasteiger partial charge in [-0.05, 0) is 12.8 Å². The van der Waals surface area contributed by atoms with E-state index in [2.05, 4.69) is 10.2 Å². The van der Waals surface area contributed by atoms with Crippen LogP contribution in [0.4, 0.5) is 0 Å². The van der Waals surface area contributed by atoms with Crippen molar-refractivity contribution in [2.24, 2.45) is 0 Å². The first-order valence-corrected chi connectivity index (χ1v) is 6.65. The van der Waals surface area contributed by atoms with Crippen LogP contribution in [0, 0.1) is 0 Å². The van der Waals surface area contributed by atoms with Gasteiger partial charge in [0.1, 0.15) is 6.04 Å². The van der Waals surface area contributed by atoms with Crippen LogP contribution in [-0.2, 0) is 14.3 Å². The van der Waals surface area contributed by atoms with Crippen LogP contribution in [0.3, 0.4) is 0 Å². The first-order valence-electron chi connectivity index (χ1n) is 6.65. The molecule has 5 nitrogen and oxygen atoms in total. The van der Waals surface area contributed by atoms with Crippen molar-refractivity contribution >= 4 is 5.97 Å². The molecule has 0 spiro atoms. The van der Waals surface area contributed by atoms with E-state index in [4.69, 9.17) is 9.47 Å². The summed E-state index contributed by atoms with van der Waals surface area (Å²) in [6.07, 6.45) is 2.44. The molecular weight excluding hydrogens is 232 g/mol. The summed E-state index contributed by atoms with van der Waals surface area (Å²) in [5.74, 6) is -0.188. The van der Waals surface area contributed by atoms with Crippen molar-refractivity contribution in [2.45, 2.75) is 44.8 Å². The fourth-order valence-corrected chi connectivity index (χ4v) is 2.05. The molecule has 0 aromatic carbocycles. The quantitative estimate of drug-likeness (QED) is 0.615. The Morgan fingerprint density at radius 2 is 2.06 bits per heavy atom. The van der Waals surface area contributed by atoms with Crippen molar-refractivity contribution in [3.05, 3.63) is 0 Å². The van der Waals surface area contributed by atoms with Crippen LogP contribution in [0.5, 0.6) is 0 Å². The Kier molecular flexibility index (Phi) is 6.60. The Morgan fingerprint density at radius 3 is 2.50 bits per heavy atom. The molecule has 1 N–H and O–H groups in total. The standard InChI is InChI=1S/C13H26N2O3/c1-10(2)14-12(13(16)18-4)9-15(7-8-17-3)11-5-6-11/h10-12,14H,5-9H2,1-4H3. The minimum absolute atomic E-state index is 0.188. The van der Waals surface area contributed by atoms with Gasteiger partial charge in [0.15, 0.2) is 0 Å². The van der Waals surface area contributed by atoms with Crippen molar-refractivity contribution in [1.82, 2.24) is 10.2 Å². The molecule has 0 radical (unpaired) electrons. The number of carbonyl (C=O) groups excluding carboxylic acids is 1. The van der Waals surface area contributed by atoms with E-state index in [1.54, 1.807) is 7.11 Å². The number of ether oxygens (including phenoxy) is 2. The molecule has 0 heterocycles. The number of methoxy groups -OCH3 is 2. The van der Waals surface area contributed by atoms with E-state index in [-0.39, 0.29) is 18.1 Å². The highest BCUT2D eigenvalue weighted by Crippen LogP contribution is 2.26. The highest BCUT2D eigenvalue weighted by molar-refractivity contribution is 5.76. The van der Waals surface area contributed by atoms with Gasteiger partial charge in [0.05, 0.1) is 13.7 Å². The molecule has 1 atom stereocenters. The summed E-state index contributed by atoms with van der Waals surface area (Å²) >= 11 is 0. The summed E-state index contributed by atoms with van der Waals surface area (Å²) < 4.78 is 9.98. The van der Waals surface area contributed by atoms with Crippen LogP contribution in [0.15, 0.2) is 0 Å². The van der Waals surface area contributed by atoms with Gasteiger partial charge in [-0.2, -0.15) is 0 Å². The van der Waals surface area contributed by atoms with Gasteiger partial charge in [0.25, 0.3) is 0 Å². The molecule has 0 aliphatic heterocycles. The Morgan fingerprint density at radius 1 is 1.39 bits per heavy atom. The summed E-state index contributed by atoms with van der Waals surface area (Å²) in [6, 6.07) is 0.617. The van der Waals surface area contributed by atoms with Gasteiger partial charge in [-0.15, -0.1) is 0 Å². The lowest BCUT2D eigenvalue weighted by Crippen LogP contribution is -2.50. The van der Waals surface area contributed by atoms with Crippen LogP contribution >= 0.6 is 0 Å². The van der Waals surface area contributed by atoms with E-state index in [0.717, 1.165) is 6.54 Å². The molecular formula is C13H26N2O3. The van der Waals surface area contributed by atoms with Crippen molar-refractivity contribution in [3.63, 3.8) is 0 Å². The second-order valence-corrected chi connectivity index (χ2v) is 5.12. The van der Waals surface area contributed by atoms with Gasteiger partial charge >= 0.3 is 5.97 Å². The molecule has 1 saturated carbocycles. The molecule has 1 fully saturated rings. The smallest absolute Gasteiger partial charge is 0.324 e. The minimum Gasteiger partial charge on any atom is -0.468 e. The number of carbonyl (C=O) groups is 1. The first kappa shape index (κ1) is 15.4. The number of hydrogen-bond acceptors (Lipinski definition) is 5. The van der Waals surface area contributed by atoms with Gasteiger partial charge in [0.2, 0.25) is 0 Å². The summed E-state index contributed by atoms with van der Waals surface area (Å²) in [5, 5.41) is 3.26. The highest BCUT2D eigenvalue weighted by atomic mass is 16.5. The Balaban J connectivity index is 2.51. The fourth-order valence-electron chi connectivity index (χ4n) is 2.05. The maximum atomic E-state index is 11.8. The monoisotopic (exact) mass is 258 g/mol. The van der Waals surface area contributed by atoms with Crippen molar-refractivity contribution < 1.29 is 14.3 Å². The fraction of sp³-hybridized carbons (Fsp3) is 0.923. The average Bonchev–Trinajstić information content (AvgIpc) is 3.15. The van der Waals surface area contributed by atoms with E-state index in [0.29, 0.717) is 19.2 Å². The Hall–Kier alpha value is -0.650. The van der Waals surface area contributed by atoms with E-state index in [1.807, 2.05) is 13.8 Å². The number of nitrogens with zero attached hydrogens (tertiary/aromatic N) is 1. The van der Waals surface area contributed by atoms with Crippen molar-refractivity contribution in [2.75, 3.05) is 33.9 Å². The molecule has 5 heteroatoms. The zero-order valence-electron chi connectivity index (χ0n) is 11.9. The zero-order valence-corrected chi connectivity index (χ0v) is 11.9. The Bertz CT molecular complexity index is 255. The normalized spacial score (nSPS) is 17.2. The maximum Gasteiger partial charge on any atom is 0.324 e. The van der Waals surface area contributed by atoms with Crippen LogP contribution in [0.1, 0.15) is 26.7 Å². The van der Waals surface area contributed by atoms with E-state index >= 15 is 0 Å². The molecule has 1 rings (SSSR count). The average molecular weight is 258 g/mol. The molecule has 0 aromatic rings. The van der Waals surface area contributed by atoms with Gasteiger partial charge in [-0.3, -0.25) is 9.69 Å². The van der Waals surface area contributed by atoms with Crippen LogP contribution < -0.4 is 5.32 Å². The number of hydrogen-bond donors (Lipinski definition) is 1. The van der Waals surface area contributed by atoms with Gasteiger partial charge in [0, 0.05) is 32.3 Å². The maximum absolute atomic E-state index is 11.8. The predicted molar refractivity (Wildman–Crippen MR) is 70.5 cm³/mol. The molecule has 106 valence electrons. The number of esters is 1. The molecule has 0 aromatic heterocycles. The molecule has 18 heavy (non-hydrogen) atoms. The third-order valence-corrected chi connectivity index (χ3v) is 3.08. The molecule has 0 bridgehead atoms. The highest BCUT2D eigenvalue weighted by Gasteiger charge is 2.32. The van der Waals surface area contributed by atoms with Crippen LogP contribution in [0.2, 0.25) is 0 Å². The molecule has 0 amide bonds. The minimum atomic E-state index is -0.257. The predicted octanol–water partition coefficient (Wildman–Crippen LogP) is 0.637. The number of nitrogens with one attached hydrogen (secondary N) is 1. The largest absolute Gasteiger partial charge is 0.468 e. The Labute approximate surface area is 110 Å². The summed E-state index contributed by atoms with van der Waals surface area (Å²) in [6.45, 7) is 6.33. The zero-order chi connectivity index (χ0) is 13.5. The molecule has 1 unspecified atom stereocenters. The van der Waals surface area contributed by atoms with Crippen molar-refractivity contribution in [1.29, 1.82) is 0 Å². The third kappa shape index (κ3) is 5.33. The van der Waals surface area contributed by atoms with Crippen LogP contribution in [0.25, 0.3) is 0 Å². The van der Waals surface area contributed by atoms with Gasteiger partial charge in [-0.1, -0.05) is 13.8 Å². The molecule has 0 saturated heterocycles. The topological polar surface area (TPSA) is 50.8 Å². The molecule has 1 aliphatic carbocycles.